The highest BCUT2D eigenvalue weighted by Gasteiger charge is 2.17. The maximum atomic E-state index is 11.0. The Morgan fingerprint density at radius 3 is 2.71 bits per heavy atom. The second-order valence-corrected chi connectivity index (χ2v) is 3.47. The van der Waals surface area contributed by atoms with E-state index in [0.29, 0.717) is 6.54 Å². The molecule has 0 bridgehead atoms. The first kappa shape index (κ1) is 10.9. The lowest BCUT2D eigenvalue weighted by molar-refractivity contribution is 0.0683. The van der Waals surface area contributed by atoms with Crippen molar-refractivity contribution in [1.82, 2.24) is 9.78 Å². The predicted molar refractivity (Wildman–Crippen MR) is 59.4 cm³/mol. The highest BCUT2D eigenvalue weighted by Crippen LogP contribution is 2.10. The monoisotopic (exact) mass is 227 g/mol. The SMILES string of the molecule is N#Cc1cnn(Cc2ccccc2)c1C(=O)O. The van der Waals surface area contributed by atoms with E-state index in [4.69, 9.17) is 10.4 Å². The number of rotatable bonds is 3. The summed E-state index contributed by atoms with van der Waals surface area (Å²) in [5.41, 5.74) is 0.937. The molecule has 1 N–H and O–H groups in total. The molecule has 0 unspecified atom stereocenters. The number of nitriles is 1. The van der Waals surface area contributed by atoms with Gasteiger partial charge in [-0.3, -0.25) is 4.68 Å². The standard InChI is InChI=1S/C12H9N3O2/c13-6-10-7-14-15(11(10)12(16)17)8-9-4-2-1-3-5-9/h1-5,7H,8H2,(H,16,17). The van der Waals surface area contributed by atoms with Gasteiger partial charge in [0.05, 0.1) is 12.7 Å². The molecule has 84 valence electrons. The molecule has 0 aliphatic heterocycles. The second-order valence-electron chi connectivity index (χ2n) is 3.47. The lowest BCUT2D eigenvalue weighted by atomic mass is 10.2. The van der Waals surface area contributed by atoms with Crippen LogP contribution < -0.4 is 0 Å². The molecule has 2 aromatic rings. The van der Waals surface area contributed by atoms with Crippen molar-refractivity contribution in [2.75, 3.05) is 0 Å². The molecule has 0 amide bonds. The third-order valence-electron chi connectivity index (χ3n) is 2.34. The quantitative estimate of drug-likeness (QED) is 0.861. The van der Waals surface area contributed by atoms with Gasteiger partial charge in [0.2, 0.25) is 0 Å². The van der Waals surface area contributed by atoms with Crippen LogP contribution in [0.2, 0.25) is 0 Å². The summed E-state index contributed by atoms with van der Waals surface area (Å²) in [6.45, 7) is 0.337. The van der Waals surface area contributed by atoms with E-state index < -0.39 is 5.97 Å². The fourth-order valence-electron chi connectivity index (χ4n) is 1.57. The molecule has 1 heterocycles. The average molecular weight is 227 g/mol. The van der Waals surface area contributed by atoms with Crippen molar-refractivity contribution in [2.24, 2.45) is 0 Å². The highest BCUT2D eigenvalue weighted by molar-refractivity contribution is 5.88. The Morgan fingerprint density at radius 1 is 1.41 bits per heavy atom. The van der Waals surface area contributed by atoms with Crippen LogP contribution >= 0.6 is 0 Å². The Kier molecular flexibility index (Phi) is 2.88. The number of hydrogen-bond donors (Lipinski definition) is 1. The average Bonchev–Trinajstić information content (AvgIpc) is 2.73. The van der Waals surface area contributed by atoms with Gasteiger partial charge in [-0.05, 0) is 5.56 Å². The summed E-state index contributed by atoms with van der Waals surface area (Å²) >= 11 is 0. The maximum absolute atomic E-state index is 11.0. The number of carboxylic acid groups (broad SMARTS) is 1. The normalized spacial score (nSPS) is 9.82. The smallest absolute Gasteiger partial charge is 0.355 e. The molecule has 0 aliphatic carbocycles. The van der Waals surface area contributed by atoms with Crippen molar-refractivity contribution in [3.05, 3.63) is 53.3 Å². The maximum Gasteiger partial charge on any atom is 0.355 e. The van der Waals surface area contributed by atoms with Crippen LogP contribution in [0.25, 0.3) is 0 Å². The minimum Gasteiger partial charge on any atom is -0.476 e. The number of hydrogen-bond acceptors (Lipinski definition) is 3. The largest absolute Gasteiger partial charge is 0.476 e. The van der Waals surface area contributed by atoms with E-state index in [9.17, 15) is 4.79 Å². The lowest BCUT2D eigenvalue weighted by Crippen LogP contribution is -2.12. The van der Waals surface area contributed by atoms with Gasteiger partial charge in [0.15, 0.2) is 5.69 Å². The molecular weight excluding hydrogens is 218 g/mol. The molecule has 0 atom stereocenters. The van der Waals surface area contributed by atoms with Crippen molar-refractivity contribution in [2.45, 2.75) is 6.54 Å². The van der Waals surface area contributed by atoms with Crippen LogP contribution in [0.1, 0.15) is 21.6 Å². The Bertz CT molecular complexity index is 582. The van der Waals surface area contributed by atoms with Crippen molar-refractivity contribution in [3.8, 4) is 6.07 Å². The zero-order valence-electron chi connectivity index (χ0n) is 8.87. The van der Waals surface area contributed by atoms with Crippen molar-refractivity contribution in [3.63, 3.8) is 0 Å². The molecule has 2 rings (SSSR count). The van der Waals surface area contributed by atoms with E-state index in [1.165, 1.54) is 10.9 Å². The third-order valence-corrected chi connectivity index (χ3v) is 2.34. The van der Waals surface area contributed by atoms with E-state index in [1.54, 1.807) is 0 Å². The van der Waals surface area contributed by atoms with Gasteiger partial charge in [-0.1, -0.05) is 30.3 Å². The Morgan fingerprint density at radius 2 is 2.12 bits per heavy atom. The molecular formula is C12H9N3O2. The Hall–Kier alpha value is -2.61. The van der Waals surface area contributed by atoms with E-state index in [2.05, 4.69) is 5.10 Å². The van der Waals surface area contributed by atoms with Gasteiger partial charge in [0, 0.05) is 0 Å². The van der Waals surface area contributed by atoms with Gasteiger partial charge in [0.1, 0.15) is 11.6 Å². The van der Waals surface area contributed by atoms with E-state index in [1.807, 2.05) is 36.4 Å². The molecule has 5 nitrogen and oxygen atoms in total. The number of carbonyl (C=O) groups is 1. The Labute approximate surface area is 97.5 Å². The summed E-state index contributed by atoms with van der Waals surface area (Å²) in [4.78, 5) is 11.0. The van der Waals surface area contributed by atoms with Gasteiger partial charge < -0.3 is 5.11 Å². The van der Waals surface area contributed by atoms with E-state index in [-0.39, 0.29) is 11.3 Å². The molecule has 0 saturated carbocycles. The third kappa shape index (κ3) is 2.16. The van der Waals surface area contributed by atoms with Crippen molar-refractivity contribution >= 4 is 5.97 Å². The zero-order valence-corrected chi connectivity index (χ0v) is 8.87. The number of benzene rings is 1. The van der Waals surface area contributed by atoms with Crippen molar-refractivity contribution < 1.29 is 9.90 Å². The minimum absolute atomic E-state index is 0.0728. The molecule has 0 spiro atoms. The summed E-state index contributed by atoms with van der Waals surface area (Å²) < 4.78 is 1.32. The number of aromatic carboxylic acids is 1. The van der Waals surface area contributed by atoms with Crippen molar-refractivity contribution in [1.29, 1.82) is 5.26 Å². The summed E-state index contributed by atoms with van der Waals surface area (Å²) in [7, 11) is 0. The van der Waals surface area contributed by atoms with Crippen LogP contribution in [0.5, 0.6) is 0 Å². The first-order valence-corrected chi connectivity index (χ1v) is 4.95. The van der Waals surface area contributed by atoms with Crippen LogP contribution in [0.15, 0.2) is 36.5 Å². The molecule has 17 heavy (non-hydrogen) atoms. The molecule has 0 saturated heterocycles. The van der Waals surface area contributed by atoms with E-state index in [0.717, 1.165) is 5.56 Å². The van der Waals surface area contributed by atoms with Crippen LogP contribution in [-0.2, 0) is 6.54 Å². The highest BCUT2D eigenvalue weighted by atomic mass is 16.4. The molecule has 1 aromatic heterocycles. The number of nitrogens with zero attached hydrogens (tertiary/aromatic N) is 3. The molecule has 0 fully saturated rings. The van der Waals surface area contributed by atoms with Crippen LogP contribution in [0.3, 0.4) is 0 Å². The Balaban J connectivity index is 2.38. The molecule has 5 heteroatoms. The fourth-order valence-corrected chi connectivity index (χ4v) is 1.57. The molecule has 1 aromatic carbocycles. The van der Waals surface area contributed by atoms with Crippen LogP contribution in [0.4, 0.5) is 0 Å². The summed E-state index contributed by atoms with van der Waals surface area (Å²) in [5.74, 6) is -1.14. The van der Waals surface area contributed by atoms with Gasteiger partial charge in [-0.15, -0.1) is 0 Å². The predicted octanol–water partition coefficient (Wildman–Crippen LogP) is 1.50. The van der Waals surface area contributed by atoms with Gasteiger partial charge in [0.25, 0.3) is 0 Å². The minimum atomic E-state index is -1.14. The van der Waals surface area contributed by atoms with Crippen LogP contribution in [-0.4, -0.2) is 20.9 Å². The topological polar surface area (TPSA) is 78.9 Å². The first-order valence-electron chi connectivity index (χ1n) is 4.95. The van der Waals surface area contributed by atoms with E-state index >= 15 is 0 Å². The van der Waals surface area contributed by atoms with Gasteiger partial charge in [-0.25, -0.2) is 4.79 Å². The lowest BCUT2D eigenvalue weighted by Gasteiger charge is -2.04. The first-order chi connectivity index (χ1) is 8.22. The van der Waals surface area contributed by atoms with Gasteiger partial charge >= 0.3 is 5.97 Å². The van der Waals surface area contributed by atoms with Crippen LogP contribution in [0, 0.1) is 11.3 Å². The summed E-state index contributed by atoms with van der Waals surface area (Å²) in [5, 5.41) is 21.7. The van der Waals surface area contributed by atoms with Gasteiger partial charge in [-0.2, -0.15) is 10.4 Å². The zero-order chi connectivity index (χ0) is 12.3. The number of aromatic nitrogens is 2. The summed E-state index contributed by atoms with van der Waals surface area (Å²) in [6, 6.07) is 11.2. The fraction of sp³-hybridized carbons (Fsp3) is 0.0833. The number of carboxylic acids is 1. The molecule has 0 radical (unpaired) electrons. The second kappa shape index (κ2) is 4.49. The molecule has 0 aliphatic rings. The summed E-state index contributed by atoms with van der Waals surface area (Å²) in [6.07, 6.45) is 1.27.